The van der Waals surface area contributed by atoms with Crippen molar-refractivity contribution in [2.45, 2.75) is 76.7 Å². The van der Waals surface area contributed by atoms with E-state index in [4.69, 9.17) is 30.4 Å². The molecular formula is C59H73N7O8P2. The number of nitrogens with one attached hydrogen (secondary N) is 3. The number of nitrogens with zero attached hydrogens (tertiary/aromatic N) is 2. The van der Waals surface area contributed by atoms with Crippen LogP contribution in [-0.4, -0.2) is 107 Å². The summed E-state index contributed by atoms with van der Waals surface area (Å²) in [7, 11) is -0.696. The minimum atomic E-state index is -0.871. The predicted molar refractivity (Wildman–Crippen MR) is 310 cm³/mol. The molecule has 7 N–H and O–H groups in total. The molecule has 0 aliphatic heterocycles. The molecule has 76 heavy (non-hydrogen) atoms. The number of ether oxygens (including phenoxy) is 4. The first-order valence-corrected chi connectivity index (χ1v) is 30.5. The summed E-state index contributed by atoms with van der Waals surface area (Å²) >= 11 is 0. The first-order valence-electron chi connectivity index (χ1n) is 25.8. The fourth-order valence-electron chi connectivity index (χ4n) is 8.43. The smallest absolute Gasteiger partial charge is 0.328 e. The zero-order chi connectivity index (χ0) is 54.1. The van der Waals surface area contributed by atoms with E-state index in [0.29, 0.717) is 74.9 Å². The molecular weight excluding hydrogens is 997 g/mol. The topological polar surface area (TPSA) is 218 Å². The van der Waals surface area contributed by atoms with E-state index < -0.39 is 32.1 Å². The lowest BCUT2D eigenvalue weighted by molar-refractivity contribution is -0.149. The number of nitrogens with two attached hydrogens (primary N) is 2. The highest BCUT2D eigenvalue weighted by molar-refractivity contribution is 7.57. The van der Waals surface area contributed by atoms with E-state index in [1.165, 1.54) is 0 Å². The van der Waals surface area contributed by atoms with E-state index in [1.807, 2.05) is 141 Å². The Morgan fingerprint density at radius 3 is 1.42 bits per heavy atom. The van der Waals surface area contributed by atoms with Gasteiger partial charge in [-0.05, 0) is 118 Å². The van der Waals surface area contributed by atoms with Gasteiger partial charge in [0.15, 0.2) is 5.96 Å². The Hall–Kier alpha value is -7.08. The lowest BCUT2D eigenvalue weighted by Gasteiger charge is -2.20. The molecule has 0 aliphatic carbocycles. The molecule has 0 aliphatic rings. The van der Waals surface area contributed by atoms with Gasteiger partial charge in [-0.3, -0.25) is 19.6 Å². The molecule has 2 atom stereocenters. The van der Waals surface area contributed by atoms with E-state index in [9.17, 15) is 19.2 Å². The maximum Gasteiger partial charge on any atom is 0.328 e. The molecule has 0 fully saturated rings. The molecule has 0 bridgehead atoms. The van der Waals surface area contributed by atoms with Crippen LogP contribution in [0.1, 0.15) is 62.5 Å². The van der Waals surface area contributed by atoms with Crippen LogP contribution in [0.15, 0.2) is 143 Å². The van der Waals surface area contributed by atoms with Crippen molar-refractivity contribution in [3.63, 3.8) is 0 Å². The van der Waals surface area contributed by atoms with Crippen molar-refractivity contribution in [1.29, 1.82) is 0 Å². The Bertz CT molecular complexity index is 2690. The van der Waals surface area contributed by atoms with Gasteiger partial charge >= 0.3 is 11.9 Å². The van der Waals surface area contributed by atoms with Crippen LogP contribution in [-0.2, 0) is 41.9 Å². The fourth-order valence-corrected chi connectivity index (χ4v) is 9.71. The van der Waals surface area contributed by atoms with Gasteiger partial charge in [0.25, 0.3) is 0 Å². The number of fused-ring (bicyclic) bond motifs is 2. The van der Waals surface area contributed by atoms with E-state index in [0.717, 1.165) is 50.0 Å². The van der Waals surface area contributed by atoms with Gasteiger partial charge in [0.05, 0.1) is 19.0 Å². The highest BCUT2D eigenvalue weighted by Gasteiger charge is 2.25. The van der Waals surface area contributed by atoms with Crippen LogP contribution in [0.3, 0.4) is 0 Å². The first kappa shape index (κ1) is 58.2. The molecule has 0 heterocycles. The number of hydrogen-bond donors (Lipinski definition) is 5. The zero-order valence-electron chi connectivity index (χ0n) is 44.2. The van der Waals surface area contributed by atoms with Crippen molar-refractivity contribution in [2.75, 3.05) is 59.1 Å². The minimum absolute atomic E-state index is 0.0866. The molecule has 0 aromatic heterocycles. The SMILES string of the molecule is CP(C)CC(N)=NCCC[C@@H](NC(=O)CCCOc1ccc2ccccc2c1-c1c(OCCCC(=O)N[C@H](CCCN=C(N)NP(C)C)C(=O)OCc2ccccc2)ccc2ccccc12)C(=O)OCc1ccccc1. The molecule has 0 saturated heterocycles. The van der Waals surface area contributed by atoms with E-state index in [-0.39, 0.29) is 59.0 Å². The van der Waals surface area contributed by atoms with Crippen molar-refractivity contribution >= 4 is 73.1 Å². The number of carbonyl (C=O) groups is 4. The summed E-state index contributed by atoms with van der Waals surface area (Å²) in [5.41, 5.74) is 15.5. The quantitative estimate of drug-likeness (QED) is 0.00940. The molecule has 0 spiro atoms. The second-order valence-electron chi connectivity index (χ2n) is 18.8. The van der Waals surface area contributed by atoms with E-state index in [1.54, 1.807) is 0 Å². The predicted octanol–water partition coefficient (Wildman–Crippen LogP) is 9.65. The van der Waals surface area contributed by atoms with Crippen LogP contribution < -0.4 is 36.7 Å². The maximum atomic E-state index is 13.5. The fraction of sp³-hybridized carbons (Fsp3) is 0.356. The number of benzene rings is 6. The van der Waals surface area contributed by atoms with Gasteiger partial charge < -0.3 is 46.1 Å². The summed E-state index contributed by atoms with van der Waals surface area (Å²) in [6.07, 6.45) is 3.41. The zero-order valence-corrected chi connectivity index (χ0v) is 46.0. The Balaban J connectivity index is 1.11. The highest BCUT2D eigenvalue weighted by atomic mass is 31.1. The van der Waals surface area contributed by atoms with E-state index in [2.05, 4.69) is 45.1 Å². The summed E-state index contributed by atoms with van der Waals surface area (Å²) in [4.78, 5) is 62.6. The average molecular weight is 1070 g/mol. The Morgan fingerprint density at radius 1 is 0.539 bits per heavy atom. The van der Waals surface area contributed by atoms with Crippen LogP contribution in [0.5, 0.6) is 11.5 Å². The maximum absolute atomic E-state index is 13.5. The third kappa shape index (κ3) is 19.2. The van der Waals surface area contributed by atoms with Gasteiger partial charge in [-0.25, -0.2) is 9.59 Å². The van der Waals surface area contributed by atoms with Crippen LogP contribution in [0, 0.1) is 0 Å². The molecule has 2 amide bonds. The molecule has 0 radical (unpaired) electrons. The lowest BCUT2D eigenvalue weighted by Crippen LogP contribution is -2.42. The van der Waals surface area contributed by atoms with Gasteiger partial charge in [-0.2, -0.15) is 0 Å². The summed E-state index contributed by atoms with van der Waals surface area (Å²) in [6, 6.07) is 41.1. The number of esters is 2. The van der Waals surface area contributed by atoms with Gasteiger partial charge in [0.1, 0.15) is 36.8 Å². The Morgan fingerprint density at radius 2 is 0.974 bits per heavy atom. The lowest BCUT2D eigenvalue weighted by atomic mass is 9.92. The Kier molecular flexibility index (Phi) is 23.8. The van der Waals surface area contributed by atoms with E-state index >= 15 is 0 Å². The van der Waals surface area contributed by atoms with Crippen molar-refractivity contribution < 1.29 is 38.1 Å². The molecule has 6 aromatic rings. The standard InChI is InChI=1S/C59H73N7O8P2/c1-75(2)41-52(60)62-35-15-27-48(57(69)73-39-42-19-7-5-8-20-42)64-53(67)29-17-37-71-50-33-31-44-23-11-13-25-46(44)55(50)56-47-26-14-12-24-45(47)32-34-51(56)72-38-18-30-54(68)65-49(28-16-36-63-59(61)66-76(3)4)58(70)74-40-43-21-9-6-10-22-43/h5-14,19-26,31-34,48-49H,15-18,27-30,35-41H2,1-4H3,(H2,60,62)(H,64,67)(H,65,68)(H3,61,63,66)/t48-,49-/m1/s1. The number of amides is 2. The average Bonchev–Trinajstić information content (AvgIpc) is 3.41. The summed E-state index contributed by atoms with van der Waals surface area (Å²) in [5.74, 6) is 0.539. The number of amidine groups is 1. The molecule has 0 unspecified atom stereocenters. The molecule has 17 heteroatoms. The number of hydrogen-bond acceptors (Lipinski definition) is 10. The normalized spacial score (nSPS) is 12.6. The van der Waals surface area contributed by atoms with Crippen LogP contribution >= 0.6 is 16.0 Å². The third-order valence-electron chi connectivity index (χ3n) is 12.0. The molecule has 0 saturated carbocycles. The molecule has 15 nitrogen and oxygen atoms in total. The molecule has 402 valence electrons. The van der Waals surface area contributed by atoms with Crippen molar-refractivity contribution in [1.82, 2.24) is 15.7 Å². The second-order valence-corrected chi connectivity index (χ2v) is 23.3. The Labute approximate surface area is 449 Å². The third-order valence-corrected chi connectivity index (χ3v) is 13.7. The van der Waals surface area contributed by atoms with Crippen LogP contribution in [0.25, 0.3) is 32.7 Å². The van der Waals surface area contributed by atoms with Gasteiger partial charge in [0.2, 0.25) is 11.8 Å². The van der Waals surface area contributed by atoms with Crippen LogP contribution in [0.2, 0.25) is 0 Å². The van der Waals surface area contributed by atoms with Gasteiger partial charge in [-0.15, -0.1) is 7.92 Å². The van der Waals surface area contributed by atoms with Crippen molar-refractivity contribution in [3.05, 3.63) is 145 Å². The van der Waals surface area contributed by atoms with Gasteiger partial charge in [0, 0.05) is 43.2 Å². The largest absolute Gasteiger partial charge is 0.493 e. The van der Waals surface area contributed by atoms with Crippen molar-refractivity contribution in [2.24, 2.45) is 21.5 Å². The first-order chi connectivity index (χ1) is 36.8. The highest BCUT2D eigenvalue weighted by Crippen LogP contribution is 2.45. The van der Waals surface area contributed by atoms with Crippen LogP contribution in [0.4, 0.5) is 0 Å². The summed E-state index contributed by atoms with van der Waals surface area (Å²) < 4.78 is 24.5. The van der Waals surface area contributed by atoms with Crippen molar-refractivity contribution in [3.8, 4) is 22.6 Å². The monoisotopic (exact) mass is 1070 g/mol. The number of carbonyl (C=O) groups excluding carboxylic acids is 4. The number of rotatable bonds is 30. The second kappa shape index (κ2) is 31.1. The summed E-state index contributed by atoms with van der Waals surface area (Å²) in [5, 5.41) is 12.8. The summed E-state index contributed by atoms with van der Waals surface area (Å²) in [6.45, 7) is 9.77. The van der Waals surface area contributed by atoms with Gasteiger partial charge in [-0.1, -0.05) is 121 Å². The number of aliphatic imine (C=N–C) groups is 2. The number of guanidine groups is 1. The molecule has 6 rings (SSSR count). The minimum Gasteiger partial charge on any atom is -0.493 e. The molecule has 6 aromatic carbocycles.